The van der Waals surface area contributed by atoms with Crippen molar-refractivity contribution in [3.8, 4) is 5.75 Å². The lowest BCUT2D eigenvalue weighted by atomic mass is 10.1. The van der Waals surface area contributed by atoms with Gasteiger partial charge in [0.1, 0.15) is 10.6 Å². The van der Waals surface area contributed by atoms with Crippen LogP contribution < -0.4 is 15.0 Å². The number of methoxy groups -OCH3 is 1. The van der Waals surface area contributed by atoms with Crippen molar-refractivity contribution in [2.45, 2.75) is 11.4 Å². The summed E-state index contributed by atoms with van der Waals surface area (Å²) in [7, 11) is -2.20. The van der Waals surface area contributed by atoms with Crippen molar-refractivity contribution in [2.24, 2.45) is 0 Å². The summed E-state index contributed by atoms with van der Waals surface area (Å²) in [6, 6.07) is 12.3. The van der Waals surface area contributed by atoms with E-state index in [2.05, 4.69) is 5.32 Å². The van der Waals surface area contributed by atoms with Gasteiger partial charge in [0.05, 0.1) is 39.2 Å². The molecule has 9 nitrogen and oxygen atoms in total. The Hall–Kier alpha value is -2.66. The van der Waals surface area contributed by atoms with Crippen molar-refractivity contribution < 1.29 is 27.4 Å². The van der Waals surface area contributed by atoms with Crippen LogP contribution in [-0.4, -0.2) is 78.3 Å². The second-order valence-corrected chi connectivity index (χ2v) is 9.74. The summed E-state index contributed by atoms with van der Waals surface area (Å²) in [5.74, 6) is 0.402. The van der Waals surface area contributed by atoms with Crippen LogP contribution in [0.3, 0.4) is 0 Å². The van der Waals surface area contributed by atoms with E-state index in [1.165, 1.54) is 10.4 Å². The topological polar surface area (TPSA) is 97.4 Å². The quantitative estimate of drug-likeness (QED) is 0.648. The van der Waals surface area contributed by atoms with E-state index in [-0.39, 0.29) is 10.8 Å². The molecule has 0 bridgehead atoms. The fraction of sp³-hybridized carbons (Fsp3) is 0.435. The lowest BCUT2D eigenvalue weighted by Gasteiger charge is -2.32. The average Bonchev–Trinajstić information content (AvgIpc) is 2.88. The number of amides is 1. The van der Waals surface area contributed by atoms with E-state index in [1.54, 1.807) is 19.2 Å². The minimum Gasteiger partial charge on any atom is -0.497 e. The molecule has 0 radical (unpaired) electrons. The van der Waals surface area contributed by atoms with Crippen LogP contribution in [0.1, 0.15) is 15.9 Å². The lowest BCUT2D eigenvalue weighted by Crippen LogP contribution is -2.42. The maximum atomic E-state index is 13.5. The van der Waals surface area contributed by atoms with Gasteiger partial charge in [-0.15, -0.1) is 0 Å². The van der Waals surface area contributed by atoms with Crippen LogP contribution in [0.2, 0.25) is 0 Å². The van der Waals surface area contributed by atoms with Crippen LogP contribution in [0.25, 0.3) is 0 Å². The number of sulfonamides is 1. The van der Waals surface area contributed by atoms with Crippen LogP contribution in [0.4, 0.5) is 5.69 Å². The van der Waals surface area contributed by atoms with Crippen LogP contribution in [0, 0.1) is 0 Å². The molecule has 4 rings (SSSR count). The lowest BCUT2D eigenvalue weighted by molar-refractivity contribution is 0.0730. The van der Waals surface area contributed by atoms with E-state index in [9.17, 15) is 13.2 Å². The number of morpholine rings is 2. The minimum atomic E-state index is -3.80. The van der Waals surface area contributed by atoms with Gasteiger partial charge in [-0.1, -0.05) is 12.1 Å². The zero-order chi connectivity index (χ0) is 23.3. The fourth-order valence-electron chi connectivity index (χ4n) is 3.88. The van der Waals surface area contributed by atoms with Gasteiger partial charge >= 0.3 is 0 Å². The Balaban J connectivity index is 1.59. The van der Waals surface area contributed by atoms with E-state index in [1.807, 2.05) is 29.2 Å². The third-order valence-corrected chi connectivity index (χ3v) is 7.70. The maximum absolute atomic E-state index is 13.5. The van der Waals surface area contributed by atoms with Crippen LogP contribution in [0.5, 0.6) is 5.75 Å². The highest BCUT2D eigenvalue weighted by Crippen LogP contribution is 2.30. The van der Waals surface area contributed by atoms with E-state index >= 15 is 0 Å². The molecule has 0 spiro atoms. The second kappa shape index (κ2) is 10.5. The Bertz CT molecular complexity index is 1060. The SMILES string of the molecule is COc1ccc(CNC(=O)c2ccc(N3CCOCC3)c(S(=O)(=O)N3CCOCC3)c2)cc1. The third-order valence-electron chi connectivity index (χ3n) is 5.77. The monoisotopic (exact) mass is 475 g/mol. The number of nitrogens with zero attached hydrogens (tertiary/aromatic N) is 2. The van der Waals surface area contributed by atoms with Crippen LogP contribution >= 0.6 is 0 Å². The number of hydrogen-bond donors (Lipinski definition) is 1. The second-order valence-electron chi connectivity index (χ2n) is 7.83. The number of carbonyl (C=O) groups excluding carboxylic acids is 1. The number of benzene rings is 2. The molecule has 2 heterocycles. The summed E-state index contributed by atoms with van der Waals surface area (Å²) in [6.45, 7) is 3.85. The van der Waals surface area contributed by atoms with Gasteiger partial charge in [0, 0.05) is 38.3 Å². The molecule has 2 saturated heterocycles. The van der Waals surface area contributed by atoms with Crippen molar-refractivity contribution in [2.75, 3.05) is 64.6 Å². The largest absolute Gasteiger partial charge is 0.497 e. The first-order valence-electron chi connectivity index (χ1n) is 10.9. The van der Waals surface area contributed by atoms with E-state index in [4.69, 9.17) is 14.2 Å². The summed E-state index contributed by atoms with van der Waals surface area (Å²) in [5, 5.41) is 2.87. The van der Waals surface area contributed by atoms with E-state index in [0.717, 1.165) is 11.3 Å². The molecule has 178 valence electrons. The predicted octanol–water partition coefficient (Wildman–Crippen LogP) is 1.48. The Kier molecular flexibility index (Phi) is 7.49. The molecule has 0 aromatic heterocycles. The number of anilines is 1. The highest BCUT2D eigenvalue weighted by atomic mass is 32.2. The molecule has 10 heteroatoms. The number of ether oxygens (including phenoxy) is 3. The zero-order valence-electron chi connectivity index (χ0n) is 18.7. The summed E-state index contributed by atoms with van der Waals surface area (Å²) in [6.07, 6.45) is 0. The molecular formula is C23H29N3O6S. The van der Waals surface area contributed by atoms with Crippen LogP contribution in [0.15, 0.2) is 47.4 Å². The van der Waals surface area contributed by atoms with Gasteiger partial charge in [0.15, 0.2) is 0 Å². The Labute approximate surface area is 194 Å². The van der Waals surface area contributed by atoms with Crippen molar-refractivity contribution in [3.63, 3.8) is 0 Å². The van der Waals surface area contributed by atoms with Gasteiger partial charge in [-0.3, -0.25) is 4.79 Å². The smallest absolute Gasteiger partial charge is 0.251 e. The number of rotatable bonds is 7. The number of carbonyl (C=O) groups is 1. The van der Waals surface area contributed by atoms with Crippen molar-refractivity contribution in [1.82, 2.24) is 9.62 Å². The van der Waals surface area contributed by atoms with Crippen molar-refractivity contribution in [1.29, 1.82) is 0 Å². The van der Waals surface area contributed by atoms with Crippen LogP contribution in [-0.2, 0) is 26.0 Å². The molecule has 0 aliphatic carbocycles. The van der Waals surface area contributed by atoms with Crippen molar-refractivity contribution >= 4 is 21.6 Å². The first-order valence-corrected chi connectivity index (χ1v) is 12.4. The highest BCUT2D eigenvalue weighted by Gasteiger charge is 2.31. The van der Waals surface area contributed by atoms with E-state index in [0.29, 0.717) is 70.4 Å². The molecule has 2 aromatic carbocycles. The molecule has 0 unspecified atom stereocenters. The normalized spacial score (nSPS) is 17.5. The maximum Gasteiger partial charge on any atom is 0.251 e. The Morgan fingerprint density at radius 3 is 2.24 bits per heavy atom. The average molecular weight is 476 g/mol. The molecule has 1 N–H and O–H groups in total. The van der Waals surface area contributed by atoms with Gasteiger partial charge in [-0.25, -0.2) is 8.42 Å². The third kappa shape index (κ3) is 5.47. The summed E-state index contributed by atoms with van der Waals surface area (Å²) in [4.78, 5) is 15.0. The Morgan fingerprint density at radius 2 is 1.61 bits per heavy atom. The number of hydrogen-bond acceptors (Lipinski definition) is 7. The molecule has 33 heavy (non-hydrogen) atoms. The molecule has 2 aliphatic rings. The van der Waals surface area contributed by atoms with Gasteiger partial charge in [-0.05, 0) is 35.9 Å². The van der Waals surface area contributed by atoms with Gasteiger partial charge in [0.25, 0.3) is 5.91 Å². The standard InChI is InChI=1S/C23H29N3O6S/c1-30-20-5-2-18(3-6-20)17-24-23(27)19-4-7-21(25-8-12-31-13-9-25)22(16-19)33(28,29)26-10-14-32-15-11-26/h2-7,16H,8-15,17H2,1H3,(H,24,27). The summed E-state index contributed by atoms with van der Waals surface area (Å²) in [5.41, 5.74) is 1.80. The molecule has 0 saturated carbocycles. The minimum absolute atomic E-state index is 0.142. The molecule has 2 aromatic rings. The highest BCUT2D eigenvalue weighted by molar-refractivity contribution is 7.89. The Morgan fingerprint density at radius 1 is 0.970 bits per heavy atom. The van der Waals surface area contributed by atoms with E-state index < -0.39 is 10.0 Å². The fourth-order valence-corrected chi connectivity index (χ4v) is 5.53. The molecule has 0 atom stereocenters. The van der Waals surface area contributed by atoms with Gasteiger partial charge < -0.3 is 24.4 Å². The molecule has 2 aliphatic heterocycles. The summed E-state index contributed by atoms with van der Waals surface area (Å²) >= 11 is 0. The molecular weight excluding hydrogens is 446 g/mol. The first kappa shape index (κ1) is 23.5. The zero-order valence-corrected chi connectivity index (χ0v) is 19.5. The number of nitrogens with one attached hydrogen (secondary N) is 1. The van der Waals surface area contributed by atoms with Gasteiger partial charge in [0.2, 0.25) is 10.0 Å². The molecule has 2 fully saturated rings. The van der Waals surface area contributed by atoms with Gasteiger partial charge in [-0.2, -0.15) is 4.31 Å². The molecule has 1 amide bonds. The predicted molar refractivity (Wildman–Crippen MR) is 123 cm³/mol. The summed E-state index contributed by atoms with van der Waals surface area (Å²) < 4.78 is 44.4. The first-order chi connectivity index (χ1) is 16.0. The van der Waals surface area contributed by atoms with Crippen molar-refractivity contribution in [3.05, 3.63) is 53.6 Å².